The molecule has 194 valence electrons. The minimum atomic E-state index is -1.09. The molecule has 0 unspecified atom stereocenters. The highest BCUT2D eigenvalue weighted by Crippen LogP contribution is 2.27. The van der Waals surface area contributed by atoms with Crippen molar-refractivity contribution >= 4 is 62.5 Å². The number of aryl methyl sites for hydroxylation is 1. The summed E-state index contributed by atoms with van der Waals surface area (Å²) in [5.74, 6) is -1.44. The van der Waals surface area contributed by atoms with Crippen molar-refractivity contribution in [2.45, 2.75) is 11.8 Å². The maximum absolute atomic E-state index is 13.0. The van der Waals surface area contributed by atoms with E-state index in [0.29, 0.717) is 21.6 Å². The Labute approximate surface area is 232 Å². The number of benzene rings is 4. The summed E-state index contributed by atoms with van der Waals surface area (Å²) in [6.07, 6.45) is 0. The van der Waals surface area contributed by atoms with E-state index in [0.717, 1.165) is 16.2 Å². The van der Waals surface area contributed by atoms with Crippen LogP contribution in [0.2, 0.25) is 0 Å². The average molecular weight is 554 g/mol. The van der Waals surface area contributed by atoms with Crippen molar-refractivity contribution in [1.29, 1.82) is 0 Å². The van der Waals surface area contributed by atoms with Gasteiger partial charge in [-0.15, -0.1) is 23.1 Å². The molecule has 0 aliphatic heterocycles. The second-order valence-corrected chi connectivity index (χ2v) is 10.6. The number of hydrogen-bond donors (Lipinski definition) is 3. The van der Waals surface area contributed by atoms with Gasteiger partial charge in [-0.05, 0) is 48.7 Å². The van der Waals surface area contributed by atoms with Gasteiger partial charge in [-0.3, -0.25) is 9.59 Å². The molecule has 0 spiro atoms. The van der Waals surface area contributed by atoms with Crippen molar-refractivity contribution in [3.8, 4) is 11.3 Å². The normalized spacial score (nSPS) is 10.8. The van der Waals surface area contributed by atoms with Crippen LogP contribution in [0.5, 0.6) is 0 Å². The summed E-state index contributed by atoms with van der Waals surface area (Å²) in [6.45, 7) is 2.03. The summed E-state index contributed by atoms with van der Waals surface area (Å²) in [5.41, 5.74) is 3.92. The number of aromatic carboxylic acids is 1. The number of nitrogens with zero attached hydrogens (tertiary/aromatic N) is 1. The first kappa shape index (κ1) is 26.1. The van der Waals surface area contributed by atoms with E-state index in [1.165, 1.54) is 34.7 Å². The maximum Gasteiger partial charge on any atom is 0.336 e. The van der Waals surface area contributed by atoms with E-state index < -0.39 is 11.9 Å². The summed E-state index contributed by atoms with van der Waals surface area (Å²) in [6, 6.07) is 25.2. The summed E-state index contributed by atoms with van der Waals surface area (Å²) in [4.78, 5) is 42.6. The van der Waals surface area contributed by atoms with E-state index in [1.54, 1.807) is 42.5 Å². The number of amides is 2. The molecular formula is C30H23N3O4S2. The molecule has 4 aromatic carbocycles. The number of thioether (sulfide) groups is 1. The van der Waals surface area contributed by atoms with Crippen molar-refractivity contribution in [2.75, 3.05) is 16.4 Å². The Morgan fingerprint density at radius 1 is 0.872 bits per heavy atom. The lowest BCUT2D eigenvalue weighted by Gasteiger charge is -2.11. The minimum absolute atomic E-state index is 0.0763. The highest BCUT2D eigenvalue weighted by atomic mass is 32.2. The molecule has 1 aromatic heterocycles. The van der Waals surface area contributed by atoms with Crippen LogP contribution in [0.3, 0.4) is 0 Å². The van der Waals surface area contributed by atoms with Crippen LogP contribution in [-0.2, 0) is 4.79 Å². The Kier molecular flexibility index (Phi) is 7.72. The van der Waals surface area contributed by atoms with Gasteiger partial charge in [0.25, 0.3) is 5.91 Å². The SMILES string of the molecule is Cc1ccc(-c2csc(NC(=O)CSc3ccc(NC(=O)c4cccc5cccc(C(=O)O)c45)cc3)n2)cc1. The Balaban J connectivity index is 1.18. The summed E-state index contributed by atoms with van der Waals surface area (Å²) < 4.78 is 0. The third-order valence-electron chi connectivity index (χ3n) is 5.96. The van der Waals surface area contributed by atoms with Gasteiger partial charge in [0.05, 0.1) is 17.0 Å². The van der Waals surface area contributed by atoms with E-state index in [-0.39, 0.29) is 22.8 Å². The standard InChI is InChI=1S/C30H23N3O4S2/c1-18-8-10-19(11-9-18)25-16-39-30(32-25)33-26(34)17-38-22-14-12-21(13-15-22)31-28(35)23-6-2-4-20-5-3-7-24(27(20)23)29(36)37/h2-16H,17H2,1H3,(H,31,35)(H,36,37)(H,32,33,34). The van der Waals surface area contributed by atoms with E-state index >= 15 is 0 Å². The van der Waals surface area contributed by atoms with Gasteiger partial charge in [0.15, 0.2) is 5.13 Å². The lowest BCUT2D eigenvalue weighted by molar-refractivity contribution is -0.113. The predicted molar refractivity (Wildman–Crippen MR) is 157 cm³/mol. The largest absolute Gasteiger partial charge is 0.478 e. The van der Waals surface area contributed by atoms with Gasteiger partial charge in [-0.1, -0.05) is 54.1 Å². The number of carboxylic acid groups (broad SMARTS) is 1. The Morgan fingerprint density at radius 3 is 2.26 bits per heavy atom. The molecule has 0 aliphatic carbocycles. The van der Waals surface area contributed by atoms with Crippen LogP contribution >= 0.6 is 23.1 Å². The Hall–Kier alpha value is -4.47. The van der Waals surface area contributed by atoms with Gasteiger partial charge < -0.3 is 15.7 Å². The van der Waals surface area contributed by atoms with E-state index in [1.807, 2.05) is 48.7 Å². The molecule has 9 heteroatoms. The second kappa shape index (κ2) is 11.5. The number of carbonyl (C=O) groups is 3. The van der Waals surface area contributed by atoms with Crippen LogP contribution in [0.1, 0.15) is 26.3 Å². The molecule has 0 saturated carbocycles. The van der Waals surface area contributed by atoms with Crippen LogP contribution in [0.25, 0.3) is 22.0 Å². The fourth-order valence-electron chi connectivity index (χ4n) is 4.03. The molecule has 0 atom stereocenters. The first-order chi connectivity index (χ1) is 18.9. The van der Waals surface area contributed by atoms with Crippen LogP contribution < -0.4 is 10.6 Å². The fraction of sp³-hybridized carbons (Fsp3) is 0.0667. The first-order valence-corrected chi connectivity index (χ1v) is 13.9. The van der Waals surface area contributed by atoms with Gasteiger partial charge in [-0.25, -0.2) is 9.78 Å². The Morgan fingerprint density at radius 2 is 1.56 bits per heavy atom. The number of aromatic nitrogens is 1. The third-order valence-corrected chi connectivity index (χ3v) is 7.73. The molecule has 0 fully saturated rings. The highest BCUT2D eigenvalue weighted by Gasteiger charge is 2.17. The molecule has 0 saturated heterocycles. The zero-order valence-corrected chi connectivity index (χ0v) is 22.4. The molecule has 39 heavy (non-hydrogen) atoms. The number of carboxylic acids is 1. The average Bonchev–Trinajstić information content (AvgIpc) is 3.40. The fourth-order valence-corrected chi connectivity index (χ4v) is 5.47. The van der Waals surface area contributed by atoms with Gasteiger partial charge in [0, 0.05) is 32.5 Å². The highest BCUT2D eigenvalue weighted by molar-refractivity contribution is 8.00. The van der Waals surface area contributed by atoms with Gasteiger partial charge in [-0.2, -0.15) is 0 Å². The zero-order chi connectivity index (χ0) is 27.4. The molecule has 0 aliphatic rings. The molecule has 5 aromatic rings. The van der Waals surface area contributed by atoms with Crippen molar-refractivity contribution < 1.29 is 19.5 Å². The summed E-state index contributed by atoms with van der Waals surface area (Å²) in [7, 11) is 0. The number of anilines is 2. The van der Waals surface area contributed by atoms with Crippen LogP contribution in [0, 0.1) is 6.92 Å². The first-order valence-electron chi connectivity index (χ1n) is 12.0. The quantitative estimate of drug-likeness (QED) is 0.179. The molecular weight excluding hydrogens is 530 g/mol. The van der Waals surface area contributed by atoms with Crippen molar-refractivity contribution in [1.82, 2.24) is 4.98 Å². The Bertz CT molecular complexity index is 1670. The van der Waals surface area contributed by atoms with E-state index in [4.69, 9.17) is 0 Å². The van der Waals surface area contributed by atoms with Gasteiger partial charge >= 0.3 is 5.97 Å². The monoisotopic (exact) mass is 553 g/mol. The molecule has 2 amide bonds. The number of hydrogen-bond acceptors (Lipinski definition) is 6. The van der Waals surface area contributed by atoms with Gasteiger partial charge in [0.1, 0.15) is 0 Å². The topological polar surface area (TPSA) is 108 Å². The second-order valence-electron chi connectivity index (χ2n) is 8.73. The number of rotatable bonds is 8. The molecule has 1 heterocycles. The van der Waals surface area contributed by atoms with E-state index in [2.05, 4.69) is 15.6 Å². The lowest BCUT2D eigenvalue weighted by Crippen LogP contribution is -2.14. The smallest absolute Gasteiger partial charge is 0.336 e. The van der Waals surface area contributed by atoms with E-state index in [9.17, 15) is 19.5 Å². The lowest BCUT2D eigenvalue weighted by atomic mass is 9.98. The van der Waals surface area contributed by atoms with Crippen LogP contribution in [-0.4, -0.2) is 33.6 Å². The number of nitrogens with one attached hydrogen (secondary N) is 2. The zero-order valence-electron chi connectivity index (χ0n) is 20.8. The molecule has 0 radical (unpaired) electrons. The van der Waals surface area contributed by atoms with Crippen LogP contribution in [0.4, 0.5) is 10.8 Å². The molecule has 3 N–H and O–H groups in total. The maximum atomic E-state index is 13.0. The van der Waals surface area contributed by atoms with Crippen molar-refractivity contribution in [3.05, 3.63) is 107 Å². The van der Waals surface area contributed by atoms with Crippen molar-refractivity contribution in [3.63, 3.8) is 0 Å². The molecule has 7 nitrogen and oxygen atoms in total. The molecule has 5 rings (SSSR count). The van der Waals surface area contributed by atoms with Gasteiger partial charge in [0.2, 0.25) is 5.91 Å². The predicted octanol–water partition coefficient (Wildman–Crippen LogP) is 6.95. The number of thiazole rings is 1. The van der Waals surface area contributed by atoms with Crippen molar-refractivity contribution in [2.24, 2.45) is 0 Å². The number of fused-ring (bicyclic) bond motifs is 1. The number of carbonyl (C=O) groups excluding carboxylic acids is 2. The van der Waals surface area contributed by atoms with Crippen LogP contribution in [0.15, 0.2) is 95.2 Å². The third kappa shape index (κ3) is 6.17. The summed E-state index contributed by atoms with van der Waals surface area (Å²) in [5, 5.41) is 18.8. The summed E-state index contributed by atoms with van der Waals surface area (Å²) >= 11 is 2.75. The molecule has 0 bridgehead atoms. The minimum Gasteiger partial charge on any atom is -0.478 e.